The fourth-order valence-corrected chi connectivity index (χ4v) is 2.54. The first-order valence-corrected chi connectivity index (χ1v) is 5.68. The molecule has 2 fully saturated rings. The van der Waals surface area contributed by atoms with Crippen molar-refractivity contribution >= 4 is 11.8 Å². The molecule has 2 rings (SSSR count). The van der Waals surface area contributed by atoms with Crippen molar-refractivity contribution in [2.24, 2.45) is 11.8 Å². The predicted octanol–water partition coefficient (Wildman–Crippen LogP) is 0.379. The number of carbonyl (C=O) groups excluding carboxylic acids is 2. The van der Waals surface area contributed by atoms with E-state index >= 15 is 0 Å². The molecule has 0 aromatic rings. The van der Waals surface area contributed by atoms with E-state index in [4.69, 9.17) is 0 Å². The Bertz CT molecular complexity index is 290. The van der Waals surface area contributed by atoms with Gasteiger partial charge in [-0.05, 0) is 25.4 Å². The van der Waals surface area contributed by atoms with E-state index in [2.05, 4.69) is 12.2 Å². The molecular formula is C11H18N2O2. The first-order chi connectivity index (χ1) is 7.11. The molecule has 1 N–H and O–H groups in total. The van der Waals surface area contributed by atoms with Gasteiger partial charge in [-0.25, -0.2) is 0 Å². The minimum absolute atomic E-state index is 0.0197. The SMILES string of the molecule is CC1CC(=O)N(C2CCNCC2C)C1=O. The van der Waals surface area contributed by atoms with Crippen LogP contribution in [-0.2, 0) is 9.59 Å². The van der Waals surface area contributed by atoms with Crippen molar-refractivity contribution in [2.75, 3.05) is 13.1 Å². The number of rotatable bonds is 1. The molecule has 2 aliphatic heterocycles. The van der Waals surface area contributed by atoms with Crippen LogP contribution in [0.15, 0.2) is 0 Å². The zero-order valence-corrected chi connectivity index (χ0v) is 9.32. The van der Waals surface area contributed by atoms with E-state index in [1.165, 1.54) is 4.90 Å². The highest BCUT2D eigenvalue weighted by Gasteiger charge is 2.42. The van der Waals surface area contributed by atoms with Gasteiger partial charge in [0, 0.05) is 18.4 Å². The Labute approximate surface area is 90.0 Å². The van der Waals surface area contributed by atoms with E-state index in [9.17, 15) is 9.59 Å². The molecule has 4 heteroatoms. The molecule has 0 aromatic carbocycles. The first kappa shape index (κ1) is 10.6. The highest BCUT2D eigenvalue weighted by molar-refractivity contribution is 6.03. The zero-order chi connectivity index (χ0) is 11.0. The summed E-state index contributed by atoms with van der Waals surface area (Å²) in [5, 5.41) is 3.28. The van der Waals surface area contributed by atoms with E-state index in [1.807, 2.05) is 6.92 Å². The lowest BCUT2D eigenvalue weighted by Crippen LogP contribution is -2.50. The highest BCUT2D eigenvalue weighted by Crippen LogP contribution is 2.27. The van der Waals surface area contributed by atoms with Crippen molar-refractivity contribution in [2.45, 2.75) is 32.7 Å². The van der Waals surface area contributed by atoms with Crippen LogP contribution in [0.3, 0.4) is 0 Å². The second-order valence-electron chi connectivity index (χ2n) is 4.74. The zero-order valence-electron chi connectivity index (χ0n) is 9.32. The number of nitrogens with one attached hydrogen (secondary N) is 1. The maximum Gasteiger partial charge on any atom is 0.232 e. The summed E-state index contributed by atoms with van der Waals surface area (Å²) < 4.78 is 0. The number of hydrogen-bond donors (Lipinski definition) is 1. The summed E-state index contributed by atoms with van der Waals surface area (Å²) in [6, 6.07) is 0.121. The monoisotopic (exact) mass is 210 g/mol. The number of likely N-dealkylation sites (tertiary alicyclic amines) is 1. The minimum atomic E-state index is -0.111. The van der Waals surface area contributed by atoms with Crippen molar-refractivity contribution in [1.82, 2.24) is 10.2 Å². The lowest BCUT2D eigenvalue weighted by Gasteiger charge is -2.35. The van der Waals surface area contributed by atoms with Gasteiger partial charge in [-0.15, -0.1) is 0 Å². The van der Waals surface area contributed by atoms with Crippen LogP contribution in [0.5, 0.6) is 0 Å². The summed E-state index contributed by atoms with van der Waals surface area (Å²) in [6.07, 6.45) is 1.29. The Kier molecular flexibility index (Phi) is 2.78. The third kappa shape index (κ3) is 1.78. The Morgan fingerprint density at radius 3 is 2.60 bits per heavy atom. The highest BCUT2D eigenvalue weighted by atomic mass is 16.2. The quantitative estimate of drug-likeness (QED) is 0.636. The molecule has 2 aliphatic rings. The Morgan fingerprint density at radius 2 is 2.07 bits per heavy atom. The van der Waals surface area contributed by atoms with Crippen LogP contribution in [0.2, 0.25) is 0 Å². The number of imide groups is 1. The van der Waals surface area contributed by atoms with Gasteiger partial charge in [0.1, 0.15) is 0 Å². The number of amides is 2. The van der Waals surface area contributed by atoms with E-state index in [-0.39, 0.29) is 23.8 Å². The molecule has 15 heavy (non-hydrogen) atoms. The molecule has 0 spiro atoms. The van der Waals surface area contributed by atoms with Gasteiger partial charge < -0.3 is 5.32 Å². The van der Waals surface area contributed by atoms with Gasteiger partial charge in [0.25, 0.3) is 0 Å². The molecule has 0 bridgehead atoms. The molecule has 3 unspecified atom stereocenters. The van der Waals surface area contributed by atoms with Gasteiger partial charge in [0.2, 0.25) is 11.8 Å². The molecule has 0 saturated carbocycles. The lowest BCUT2D eigenvalue weighted by atomic mass is 9.94. The molecule has 0 radical (unpaired) electrons. The fraction of sp³-hybridized carbons (Fsp3) is 0.818. The van der Waals surface area contributed by atoms with E-state index < -0.39 is 0 Å². The summed E-state index contributed by atoms with van der Waals surface area (Å²) in [5.74, 6) is 0.307. The Hall–Kier alpha value is -0.900. The average Bonchev–Trinajstić information content (AvgIpc) is 2.43. The molecule has 84 valence electrons. The smallest absolute Gasteiger partial charge is 0.232 e. The van der Waals surface area contributed by atoms with Crippen LogP contribution >= 0.6 is 0 Å². The van der Waals surface area contributed by atoms with Crippen molar-refractivity contribution in [1.29, 1.82) is 0 Å². The van der Waals surface area contributed by atoms with Crippen LogP contribution < -0.4 is 5.32 Å². The maximum absolute atomic E-state index is 11.8. The summed E-state index contributed by atoms with van der Waals surface area (Å²) >= 11 is 0. The molecule has 4 nitrogen and oxygen atoms in total. The predicted molar refractivity (Wildman–Crippen MR) is 56.1 cm³/mol. The summed E-state index contributed by atoms with van der Waals surface area (Å²) in [5.41, 5.74) is 0. The van der Waals surface area contributed by atoms with E-state index in [1.54, 1.807) is 0 Å². The molecule has 2 saturated heterocycles. The van der Waals surface area contributed by atoms with Gasteiger partial charge in [0.05, 0.1) is 0 Å². The summed E-state index contributed by atoms with van der Waals surface area (Å²) in [7, 11) is 0. The van der Waals surface area contributed by atoms with Crippen LogP contribution in [0.25, 0.3) is 0 Å². The van der Waals surface area contributed by atoms with Gasteiger partial charge >= 0.3 is 0 Å². The number of carbonyl (C=O) groups is 2. The maximum atomic E-state index is 11.8. The van der Waals surface area contributed by atoms with Gasteiger partial charge in [-0.1, -0.05) is 13.8 Å². The van der Waals surface area contributed by atoms with E-state index in [0.717, 1.165) is 19.5 Å². The van der Waals surface area contributed by atoms with Crippen LogP contribution in [0, 0.1) is 11.8 Å². The molecule has 3 atom stereocenters. The summed E-state index contributed by atoms with van der Waals surface area (Å²) in [6.45, 7) is 5.74. The van der Waals surface area contributed by atoms with Crippen LogP contribution in [0.1, 0.15) is 26.7 Å². The van der Waals surface area contributed by atoms with Crippen molar-refractivity contribution in [3.8, 4) is 0 Å². The molecule has 0 aromatic heterocycles. The van der Waals surface area contributed by atoms with E-state index in [0.29, 0.717) is 12.3 Å². The van der Waals surface area contributed by atoms with Crippen molar-refractivity contribution in [3.63, 3.8) is 0 Å². The Balaban J connectivity index is 2.15. The Morgan fingerprint density at radius 1 is 1.33 bits per heavy atom. The molecular weight excluding hydrogens is 192 g/mol. The number of hydrogen-bond acceptors (Lipinski definition) is 3. The fourth-order valence-electron chi connectivity index (χ4n) is 2.54. The second-order valence-corrected chi connectivity index (χ2v) is 4.74. The topological polar surface area (TPSA) is 49.4 Å². The van der Waals surface area contributed by atoms with Crippen LogP contribution in [-0.4, -0.2) is 35.8 Å². The normalized spacial score (nSPS) is 37.5. The molecule has 2 heterocycles. The minimum Gasteiger partial charge on any atom is -0.316 e. The third-order valence-corrected chi connectivity index (χ3v) is 3.48. The molecule has 0 aliphatic carbocycles. The second kappa shape index (κ2) is 3.93. The largest absolute Gasteiger partial charge is 0.316 e. The lowest BCUT2D eigenvalue weighted by molar-refractivity contribution is -0.143. The average molecular weight is 210 g/mol. The number of nitrogens with zero attached hydrogens (tertiary/aromatic N) is 1. The first-order valence-electron chi connectivity index (χ1n) is 5.68. The third-order valence-electron chi connectivity index (χ3n) is 3.48. The number of piperidine rings is 1. The van der Waals surface area contributed by atoms with Crippen molar-refractivity contribution in [3.05, 3.63) is 0 Å². The van der Waals surface area contributed by atoms with Crippen LogP contribution in [0.4, 0.5) is 0 Å². The van der Waals surface area contributed by atoms with Gasteiger partial charge in [-0.3, -0.25) is 14.5 Å². The molecule has 2 amide bonds. The van der Waals surface area contributed by atoms with Gasteiger partial charge in [-0.2, -0.15) is 0 Å². The van der Waals surface area contributed by atoms with Gasteiger partial charge in [0.15, 0.2) is 0 Å². The van der Waals surface area contributed by atoms with Crippen molar-refractivity contribution < 1.29 is 9.59 Å². The standard InChI is InChI=1S/C11H18N2O2/c1-7-5-10(14)13(11(7)15)9-3-4-12-6-8(9)2/h7-9,12H,3-6H2,1-2H3. The summed E-state index contributed by atoms with van der Waals surface area (Å²) in [4.78, 5) is 25.1.